The number of nitrogens with one attached hydrogen (secondary N) is 1. The van der Waals surface area contributed by atoms with Crippen molar-refractivity contribution >= 4 is 29.1 Å². The predicted octanol–water partition coefficient (Wildman–Crippen LogP) is 2.91. The molecular weight excluding hydrogens is 440 g/mol. The lowest BCUT2D eigenvalue weighted by atomic mass is 9.91. The average molecular weight is 475 g/mol. The van der Waals surface area contributed by atoms with Gasteiger partial charge in [0, 0.05) is 30.5 Å². The molecule has 1 aromatic carbocycles. The summed E-state index contributed by atoms with van der Waals surface area (Å²) in [6.45, 7) is 3.89. The maximum absolute atomic E-state index is 10.2. The van der Waals surface area contributed by atoms with E-state index >= 15 is 0 Å². The lowest BCUT2D eigenvalue weighted by molar-refractivity contribution is 0.365. The molecule has 9 heteroatoms. The first kappa shape index (κ1) is 23.0. The Balaban J connectivity index is 1.29. The number of nitrogen functional groups attached to an aromatic ring is 2. The highest BCUT2D eigenvalue weighted by Crippen LogP contribution is 2.33. The van der Waals surface area contributed by atoms with Crippen molar-refractivity contribution in [3.05, 3.63) is 59.4 Å². The van der Waals surface area contributed by atoms with Gasteiger partial charge in [0.2, 0.25) is 0 Å². The molecule has 2 fully saturated rings. The molecule has 0 aliphatic carbocycles. The molecule has 2 aliphatic rings. The fourth-order valence-electron chi connectivity index (χ4n) is 5.16. The van der Waals surface area contributed by atoms with Crippen molar-refractivity contribution in [2.24, 2.45) is 5.73 Å². The third-order valence-electron chi connectivity index (χ3n) is 7.24. The van der Waals surface area contributed by atoms with E-state index < -0.39 is 0 Å². The molecule has 35 heavy (non-hydrogen) atoms. The average Bonchev–Trinajstić information content (AvgIpc) is 3.18. The van der Waals surface area contributed by atoms with Crippen LogP contribution in [0, 0.1) is 0 Å². The van der Waals surface area contributed by atoms with Gasteiger partial charge < -0.3 is 32.5 Å². The SMILES string of the molecule is N/C(=C\c1c(N)c(N)nn1C1CCN(c2ccc(C3CCNCC3)cn2)CC1)c1ccccc1O. The molecule has 0 atom stereocenters. The van der Waals surface area contributed by atoms with E-state index in [1.54, 1.807) is 24.3 Å². The van der Waals surface area contributed by atoms with Crippen LogP contribution in [0.2, 0.25) is 0 Å². The maximum Gasteiger partial charge on any atom is 0.169 e. The number of piperidine rings is 2. The Labute approximate surface area is 205 Å². The molecule has 0 unspecified atom stereocenters. The van der Waals surface area contributed by atoms with Gasteiger partial charge in [0.1, 0.15) is 17.3 Å². The minimum Gasteiger partial charge on any atom is -0.507 e. The van der Waals surface area contributed by atoms with Crippen LogP contribution in [0.1, 0.15) is 54.5 Å². The van der Waals surface area contributed by atoms with E-state index in [2.05, 4.69) is 33.6 Å². The summed E-state index contributed by atoms with van der Waals surface area (Å²) in [6.07, 6.45) is 7.92. The van der Waals surface area contributed by atoms with Gasteiger partial charge in [-0.3, -0.25) is 4.68 Å². The van der Waals surface area contributed by atoms with Crippen LogP contribution < -0.4 is 27.4 Å². The number of phenols is 1. The van der Waals surface area contributed by atoms with Crippen LogP contribution in [0.4, 0.5) is 17.3 Å². The van der Waals surface area contributed by atoms with Crippen LogP contribution in [-0.2, 0) is 0 Å². The number of aromatic nitrogens is 3. The van der Waals surface area contributed by atoms with Crippen molar-refractivity contribution < 1.29 is 5.11 Å². The van der Waals surface area contributed by atoms with Gasteiger partial charge in [-0.05, 0) is 74.5 Å². The lowest BCUT2D eigenvalue weighted by Crippen LogP contribution is -2.35. The molecule has 3 aromatic rings. The second-order valence-electron chi connectivity index (χ2n) is 9.44. The first-order chi connectivity index (χ1) is 17.0. The normalized spacial score (nSPS) is 18.2. The monoisotopic (exact) mass is 474 g/mol. The first-order valence-electron chi connectivity index (χ1n) is 12.3. The molecule has 0 bridgehead atoms. The summed E-state index contributed by atoms with van der Waals surface area (Å²) >= 11 is 0. The van der Waals surface area contributed by atoms with Crippen LogP contribution in [0.5, 0.6) is 5.75 Å². The molecular formula is C26H34N8O. The summed E-state index contributed by atoms with van der Waals surface area (Å²) in [5.74, 6) is 2.03. The second-order valence-corrected chi connectivity index (χ2v) is 9.44. The summed E-state index contributed by atoms with van der Waals surface area (Å²) in [6, 6.07) is 11.5. The number of benzene rings is 1. The lowest BCUT2D eigenvalue weighted by Gasteiger charge is -2.33. The number of nitrogens with zero attached hydrogens (tertiary/aromatic N) is 4. The van der Waals surface area contributed by atoms with Crippen LogP contribution in [0.3, 0.4) is 0 Å². The van der Waals surface area contributed by atoms with Crippen molar-refractivity contribution in [3.8, 4) is 5.75 Å². The van der Waals surface area contributed by atoms with Crippen molar-refractivity contribution in [2.75, 3.05) is 42.5 Å². The minimum absolute atomic E-state index is 0.117. The van der Waals surface area contributed by atoms with E-state index in [0.717, 1.165) is 44.8 Å². The van der Waals surface area contributed by atoms with E-state index in [4.69, 9.17) is 22.2 Å². The van der Waals surface area contributed by atoms with Crippen LogP contribution in [-0.4, -0.2) is 46.1 Å². The molecule has 8 N–H and O–H groups in total. The topological polar surface area (TPSA) is 144 Å². The number of pyridine rings is 1. The van der Waals surface area contributed by atoms with Crippen molar-refractivity contribution in [2.45, 2.75) is 37.6 Å². The number of aromatic hydroxyl groups is 1. The highest BCUT2D eigenvalue weighted by Gasteiger charge is 2.26. The molecule has 5 rings (SSSR count). The number of rotatable bonds is 5. The summed E-state index contributed by atoms with van der Waals surface area (Å²) in [5.41, 5.74) is 22.0. The Bertz CT molecular complexity index is 1190. The largest absolute Gasteiger partial charge is 0.507 e. The van der Waals surface area contributed by atoms with E-state index in [9.17, 15) is 5.11 Å². The Morgan fingerprint density at radius 3 is 2.46 bits per heavy atom. The second kappa shape index (κ2) is 9.87. The highest BCUT2D eigenvalue weighted by molar-refractivity contribution is 5.86. The summed E-state index contributed by atoms with van der Waals surface area (Å²) in [4.78, 5) is 7.11. The summed E-state index contributed by atoms with van der Waals surface area (Å²) < 4.78 is 1.89. The predicted molar refractivity (Wildman–Crippen MR) is 141 cm³/mol. The molecule has 0 radical (unpaired) electrons. The zero-order valence-electron chi connectivity index (χ0n) is 19.9. The minimum atomic E-state index is 0.117. The van der Waals surface area contributed by atoms with Gasteiger partial charge in [0.25, 0.3) is 0 Å². The molecule has 4 heterocycles. The van der Waals surface area contributed by atoms with Gasteiger partial charge in [0.15, 0.2) is 5.82 Å². The highest BCUT2D eigenvalue weighted by atomic mass is 16.3. The third-order valence-corrected chi connectivity index (χ3v) is 7.24. The van der Waals surface area contributed by atoms with Crippen LogP contribution in [0.25, 0.3) is 11.8 Å². The van der Waals surface area contributed by atoms with E-state index in [-0.39, 0.29) is 11.8 Å². The smallest absolute Gasteiger partial charge is 0.169 e. The van der Waals surface area contributed by atoms with Gasteiger partial charge in [0.05, 0.1) is 11.7 Å². The first-order valence-corrected chi connectivity index (χ1v) is 12.3. The molecule has 0 spiro atoms. The van der Waals surface area contributed by atoms with Gasteiger partial charge in [-0.25, -0.2) is 4.98 Å². The fraction of sp³-hybridized carbons (Fsp3) is 0.385. The van der Waals surface area contributed by atoms with Crippen molar-refractivity contribution in [3.63, 3.8) is 0 Å². The zero-order chi connectivity index (χ0) is 24.4. The van der Waals surface area contributed by atoms with E-state index in [0.29, 0.717) is 34.4 Å². The van der Waals surface area contributed by atoms with Gasteiger partial charge >= 0.3 is 0 Å². The summed E-state index contributed by atoms with van der Waals surface area (Å²) in [5, 5.41) is 18.1. The number of para-hydroxylation sites is 1. The Hall–Kier alpha value is -3.72. The standard InChI is InChI=1S/C26H34N8O/c27-21(20-3-1-2-4-23(20)35)15-22-25(28)26(29)32-34(22)19-9-13-33(14-10-19)24-6-5-18(16-31-24)17-7-11-30-12-8-17/h1-6,15-17,19,30,35H,7-14,27-28H2,(H2,29,32)/b21-15-. The Kier molecular flexibility index (Phi) is 6.50. The number of phenolic OH excluding ortho intramolecular Hbond substituents is 1. The number of anilines is 3. The van der Waals surface area contributed by atoms with Crippen molar-refractivity contribution in [1.82, 2.24) is 20.1 Å². The number of nitrogens with two attached hydrogens (primary N) is 3. The van der Waals surface area contributed by atoms with E-state index in [1.807, 2.05) is 10.7 Å². The molecule has 0 saturated carbocycles. The molecule has 2 aromatic heterocycles. The molecule has 9 nitrogen and oxygen atoms in total. The fourth-order valence-corrected chi connectivity index (χ4v) is 5.16. The maximum atomic E-state index is 10.2. The number of hydrogen-bond donors (Lipinski definition) is 5. The quantitative estimate of drug-likeness (QED) is 0.380. The third kappa shape index (κ3) is 4.77. The Morgan fingerprint density at radius 1 is 1.03 bits per heavy atom. The Morgan fingerprint density at radius 2 is 1.77 bits per heavy atom. The van der Waals surface area contributed by atoms with Gasteiger partial charge in [-0.2, -0.15) is 5.10 Å². The molecule has 0 amide bonds. The van der Waals surface area contributed by atoms with Crippen LogP contribution in [0.15, 0.2) is 42.6 Å². The number of hydrogen-bond acceptors (Lipinski definition) is 8. The molecule has 2 aliphatic heterocycles. The molecule has 2 saturated heterocycles. The molecule has 184 valence electrons. The summed E-state index contributed by atoms with van der Waals surface area (Å²) in [7, 11) is 0. The van der Waals surface area contributed by atoms with Crippen LogP contribution >= 0.6 is 0 Å². The van der Waals surface area contributed by atoms with Gasteiger partial charge in [-0.15, -0.1) is 0 Å². The van der Waals surface area contributed by atoms with Crippen molar-refractivity contribution in [1.29, 1.82) is 0 Å². The van der Waals surface area contributed by atoms with E-state index in [1.165, 1.54) is 18.4 Å². The van der Waals surface area contributed by atoms with Gasteiger partial charge in [-0.1, -0.05) is 18.2 Å². The zero-order valence-corrected chi connectivity index (χ0v) is 19.9.